The van der Waals surface area contributed by atoms with Gasteiger partial charge in [0.25, 0.3) is 5.91 Å². The summed E-state index contributed by atoms with van der Waals surface area (Å²) < 4.78 is 5.96. The van der Waals surface area contributed by atoms with E-state index in [0.717, 1.165) is 27.8 Å². The summed E-state index contributed by atoms with van der Waals surface area (Å²) in [6.07, 6.45) is 0.532. The Bertz CT molecular complexity index is 936. The first-order chi connectivity index (χ1) is 15.1. The third kappa shape index (κ3) is 6.84. The van der Waals surface area contributed by atoms with E-state index in [1.54, 1.807) is 4.90 Å². The first kappa shape index (κ1) is 25.4. The molecule has 5 heteroatoms. The zero-order valence-electron chi connectivity index (χ0n) is 20.6. The van der Waals surface area contributed by atoms with Crippen LogP contribution in [0.25, 0.3) is 0 Å². The number of nitrogens with one attached hydrogen (secondary N) is 1. The monoisotopic (exact) mass is 438 g/mol. The van der Waals surface area contributed by atoms with E-state index >= 15 is 0 Å². The lowest BCUT2D eigenvalue weighted by atomic mass is 10.1. The fourth-order valence-electron chi connectivity index (χ4n) is 3.69. The van der Waals surface area contributed by atoms with Crippen LogP contribution in [0.1, 0.15) is 55.0 Å². The van der Waals surface area contributed by atoms with Gasteiger partial charge in [-0.3, -0.25) is 9.59 Å². The number of hydrogen-bond donors (Lipinski definition) is 1. The highest BCUT2D eigenvalue weighted by Gasteiger charge is 2.29. The Balaban J connectivity index is 2.27. The second kappa shape index (κ2) is 11.7. The Morgan fingerprint density at radius 3 is 2.34 bits per heavy atom. The summed E-state index contributed by atoms with van der Waals surface area (Å²) >= 11 is 0. The molecule has 2 amide bonds. The normalized spacial score (nSPS) is 11.9. The summed E-state index contributed by atoms with van der Waals surface area (Å²) in [6, 6.07) is 11.5. The van der Waals surface area contributed by atoms with E-state index < -0.39 is 6.04 Å². The van der Waals surface area contributed by atoms with Crippen LogP contribution < -0.4 is 10.1 Å². The lowest BCUT2D eigenvalue weighted by Crippen LogP contribution is -2.50. The number of carbonyl (C=O) groups excluding carboxylic acids is 2. The van der Waals surface area contributed by atoms with Gasteiger partial charge < -0.3 is 15.0 Å². The van der Waals surface area contributed by atoms with Gasteiger partial charge in [-0.2, -0.15) is 0 Å². The molecule has 0 bridgehead atoms. The minimum absolute atomic E-state index is 0.108. The Kier molecular flexibility index (Phi) is 9.30. The molecule has 0 unspecified atom stereocenters. The molecule has 0 heterocycles. The highest BCUT2D eigenvalue weighted by molar-refractivity contribution is 5.88. The largest absolute Gasteiger partial charge is 0.483 e. The molecule has 0 aliphatic carbocycles. The van der Waals surface area contributed by atoms with Crippen molar-refractivity contribution in [3.8, 4) is 5.75 Å². The third-order valence-electron chi connectivity index (χ3n) is 5.79. The molecule has 1 N–H and O–H groups in total. The summed E-state index contributed by atoms with van der Waals surface area (Å²) in [7, 11) is 0. The summed E-state index contributed by atoms with van der Waals surface area (Å²) in [5.74, 6) is 0.737. The summed E-state index contributed by atoms with van der Waals surface area (Å²) in [5, 5.41) is 2.99. The zero-order chi connectivity index (χ0) is 23.8. The summed E-state index contributed by atoms with van der Waals surface area (Å²) in [5.41, 5.74) is 5.36. The Morgan fingerprint density at radius 1 is 1.03 bits per heavy atom. The number of rotatable bonds is 10. The SMILES string of the molecule is CC[C@H](C(=O)NCC(C)C)N(Cc1ccccc1C)C(=O)COc1cc(C)cc(C)c1C. The van der Waals surface area contributed by atoms with E-state index in [9.17, 15) is 9.59 Å². The molecule has 5 nitrogen and oxygen atoms in total. The quantitative estimate of drug-likeness (QED) is 0.575. The van der Waals surface area contributed by atoms with Crippen molar-refractivity contribution in [3.63, 3.8) is 0 Å². The molecule has 32 heavy (non-hydrogen) atoms. The van der Waals surface area contributed by atoms with E-state index in [2.05, 4.69) is 25.2 Å². The number of ether oxygens (including phenoxy) is 1. The van der Waals surface area contributed by atoms with Crippen molar-refractivity contribution in [3.05, 3.63) is 64.2 Å². The van der Waals surface area contributed by atoms with Gasteiger partial charge in [0.05, 0.1) is 0 Å². The standard InChI is InChI=1S/C27H38N2O3/c1-8-24(27(31)28-15-18(2)3)29(16-23-12-10-9-11-20(23)5)26(30)17-32-25-14-19(4)13-21(6)22(25)7/h9-14,18,24H,8,15-17H2,1-7H3,(H,28,31)/t24-/m1/s1. The van der Waals surface area contributed by atoms with Gasteiger partial charge in [-0.1, -0.05) is 51.1 Å². The van der Waals surface area contributed by atoms with Gasteiger partial charge in [-0.05, 0) is 73.9 Å². The van der Waals surface area contributed by atoms with Crippen LogP contribution in [0.2, 0.25) is 0 Å². The van der Waals surface area contributed by atoms with Crippen LogP contribution in [0, 0.1) is 33.6 Å². The van der Waals surface area contributed by atoms with Crippen LogP contribution in [-0.4, -0.2) is 35.9 Å². The molecule has 0 spiro atoms. The molecule has 2 rings (SSSR count). The van der Waals surface area contributed by atoms with Crippen LogP contribution in [-0.2, 0) is 16.1 Å². The minimum atomic E-state index is -0.551. The zero-order valence-corrected chi connectivity index (χ0v) is 20.6. The second-order valence-electron chi connectivity index (χ2n) is 9.00. The first-order valence-electron chi connectivity index (χ1n) is 11.5. The predicted octanol–water partition coefficient (Wildman–Crippen LogP) is 4.88. The van der Waals surface area contributed by atoms with E-state index in [0.29, 0.717) is 31.2 Å². The third-order valence-corrected chi connectivity index (χ3v) is 5.79. The average molecular weight is 439 g/mol. The fraction of sp³-hybridized carbons (Fsp3) is 0.481. The van der Waals surface area contributed by atoms with Crippen LogP contribution in [0.4, 0.5) is 0 Å². The van der Waals surface area contributed by atoms with Crippen molar-refractivity contribution in [2.75, 3.05) is 13.2 Å². The Labute approximate surface area is 193 Å². The van der Waals surface area contributed by atoms with Crippen LogP contribution in [0.15, 0.2) is 36.4 Å². The lowest BCUT2D eigenvalue weighted by molar-refractivity contribution is -0.143. The topological polar surface area (TPSA) is 58.6 Å². The molecule has 2 aromatic rings. The predicted molar refractivity (Wildman–Crippen MR) is 130 cm³/mol. The number of carbonyl (C=O) groups is 2. The molecule has 174 valence electrons. The Hall–Kier alpha value is -2.82. The maximum Gasteiger partial charge on any atom is 0.261 e. The van der Waals surface area contributed by atoms with Crippen molar-refractivity contribution in [1.29, 1.82) is 0 Å². The summed E-state index contributed by atoms with van der Waals surface area (Å²) in [4.78, 5) is 28.0. The van der Waals surface area contributed by atoms with E-state index in [4.69, 9.17) is 4.74 Å². The number of benzene rings is 2. The van der Waals surface area contributed by atoms with Crippen molar-refractivity contribution in [1.82, 2.24) is 10.2 Å². The van der Waals surface area contributed by atoms with Crippen LogP contribution in [0.5, 0.6) is 5.75 Å². The first-order valence-corrected chi connectivity index (χ1v) is 11.5. The molecular weight excluding hydrogens is 400 g/mol. The smallest absolute Gasteiger partial charge is 0.261 e. The van der Waals surface area contributed by atoms with Gasteiger partial charge in [0.2, 0.25) is 5.91 Å². The van der Waals surface area contributed by atoms with Gasteiger partial charge >= 0.3 is 0 Å². The highest BCUT2D eigenvalue weighted by atomic mass is 16.5. The van der Waals surface area contributed by atoms with Gasteiger partial charge in [-0.15, -0.1) is 0 Å². The molecule has 1 atom stereocenters. The molecule has 0 fully saturated rings. The van der Waals surface area contributed by atoms with Gasteiger partial charge in [0.1, 0.15) is 11.8 Å². The number of aryl methyl sites for hydroxylation is 3. The lowest BCUT2D eigenvalue weighted by Gasteiger charge is -2.31. The molecule has 0 aromatic heterocycles. The molecule has 2 aromatic carbocycles. The van der Waals surface area contributed by atoms with E-state index in [1.807, 2.05) is 65.0 Å². The maximum atomic E-state index is 13.4. The molecule has 0 radical (unpaired) electrons. The Morgan fingerprint density at radius 2 is 1.72 bits per heavy atom. The fourth-order valence-corrected chi connectivity index (χ4v) is 3.69. The van der Waals surface area contributed by atoms with Crippen molar-refractivity contribution in [2.24, 2.45) is 5.92 Å². The maximum absolute atomic E-state index is 13.4. The van der Waals surface area contributed by atoms with Crippen molar-refractivity contribution in [2.45, 2.75) is 67.5 Å². The van der Waals surface area contributed by atoms with Crippen molar-refractivity contribution >= 4 is 11.8 Å². The van der Waals surface area contributed by atoms with E-state index in [-0.39, 0.29) is 18.4 Å². The van der Waals surface area contributed by atoms with Crippen LogP contribution >= 0.6 is 0 Å². The molecule has 0 saturated heterocycles. The van der Waals surface area contributed by atoms with Crippen LogP contribution in [0.3, 0.4) is 0 Å². The highest BCUT2D eigenvalue weighted by Crippen LogP contribution is 2.24. The van der Waals surface area contributed by atoms with E-state index in [1.165, 1.54) is 0 Å². The molecule has 0 saturated carbocycles. The number of hydrogen-bond acceptors (Lipinski definition) is 3. The van der Waals surface area contributed by atoms with Gasteiger partial charge in [0.15, 0.2) is 6.61 Å². The molecular formula is C27H38N2O3. The minimum Gasteiger partial charge on any atom is -0.483 e. The number of amides is 2. The number of nitrogens with zero attached hydrogens (tertiary/aromatic N) is 1. The van der Waals surface area contributed by atoms with Gasteiger partial charge in [-0.25, -0.2) is 0 Å². The van der Waals surface area contributed by atoms with Crippen molar-refractivity contribution < 1.29 is 14.3 Å². The second-order valence-corrected chi connectivity index (χ2v) is 9.00. The summed E-state index contributed by atoms with van der Waals surface area (Å²) in [6.45, 7) is 15.0. The van der Waals surface area contributed by atoms with Gasteiger partial charge in [0, 0.05) is 13.1 Å². The average Bonchev–Trinajstić information content (AvgIpc) is 2.74. The molecule has 0 aliphatic heterocycles. The molecule has 0 aliphatic rings.